The lowest BCUT2D eigenvalue weighted by atomic mass is 10.1. The van der Waals surface area contributed by atoms with Crippen LogP contribution in [0.1, 0.15) is 10.4 Å². The van der Waals surface area contributed by atoms with Gasteiger partial charge in [-0.3, -0.25) is 9.79 Å². The third-order valence-electron chi connectivity index (χ3n) is 3.76. The van der Waals surface area contributed by atoms with Crippen molar-refractivity contribution in [2.75, 3.05) is 18.4 Å². The van der Waals surface area contributed by atoms with Crippen LogP contribution in [0, 0.1) is 0 Å². The number of hydrogen-bond donors (Lipinski definition) is 1. The van der Waals surface area contributed by atoms with Gasteiger partial charge in [-0.05, 0) is 35.2 Å². The lowest BCUT2D eigenvalue weighted by molar-refractivity contribution is -0.111. The molecule has 24 heavy (non-hydrogen) atoms. The van der Waals surface area contributed by atoms with E-state index >= 15 is 0 Å². The molecule has 2 aliphatic rings. The first kappa shape index (κ1) is 15.2. The molecule has 1 aromatic heterocycles. The summed E-state index contributed by atoms with van der Waals surface area (Å²) < 4.78 is 0. The van der Waals surface area contributed by atoms with Crippen LogP contribution < -0.4 is 5.32 Å². The molecule has 0 saturated carbocycles. The molecule has 0 spiro atoms. The molecule has 0 unspecified atom stereocenters. The van der Waals surface area contributed by atoms with Crippen molar-refractivity contribution < 1.29 is 4.79 Å². The molecular weight excluding hydrogens is 338 g/mol. The predicted molar refractivity (Wildman–Crippen MR) is 103 cm³/mol. The number of nitrogens with zero attached hydrogens (tertiary/aromatic N) is 2. The molecule has 0 atom stereocenters. The van der Waals surface area contributed by atoms with E-state index in [1.54, 1.807) is 29.2 Å². The van der Waals surface area contributed by atoms with Crippen LogP contribution in [0.3, 0.4) is 0 Å². The number of carbonyl (C=O) groups is 1. The average molecular weight is 353 g/mol. The molecule has 0 bridgehead atoms. The van der Waals surface area contributed by atoms with Gasteiger partial charge in [0.25, 0.3) is 0 Å². The molecular formula is C18H15N3OS2. The maximum atomic E-state index is 12.0. The minimum absolute atomic E-state index is 0.124. The van der Waals surface area contributed by atoms with E-state index in [1.807, 2.05) is 47.9 Å². The van der Waals surface area contributed by atoms with Crippen LogP contribution in [0.2, 0.25) is 0 Å². The number of aliphatic imine (C=N–C) groups is 1. The minimum atomic E-state index is -0.124. The smallest absolute Gasteiger partial charge is 0.248 e. The molecule has 0 radical (unpaired) electrons. The summed E-state index contributed by atoms with van der Waals surface area (Å²) in [5, 5.41) is 8.09. The summed E-state index contributed by atoms with van der Waals surface area (Å²) in [4.78, 5) is 19.7. The quantitative estimate of drug-likeness (QED) is 0.841. The normalized spacial score (nSPS) is 16.2. The fraction of sp³-hybridized carbons (Fsp3) is 0.111. The zero-order chi connectivity index (χ0) is 16.4. The van der Waals surface area contributed by atoms with Crippen molar-refractivity contribution in [3.63, 3.8) is 0 Å². The molecule has 4 rings (SSSR count). The molecule has 1 amide bonds. The van der Waals surface area contributed by atoms with E-state index in [4.69, 9.17) is 0 Å². The van der Waals surface area contributed by atoms with Crippen molar-refractivity contribution in [2.45, 2.75) is 0 Å². The molecule has 120 valence electrons. The molecule has 6 heteroatoms. The highest BCUT2D eigenvalue weighted by Gasteiger charge is 2.26. The van der Waals surface area contributed by atoms with Gasteiger partial charge in [0.1, 0.15) is 0 Å². The molecule has 0 fully saturated rings. The van der Waals surface area contributed by atoms with Crippen LogP contribution >= 0.6 is 23.1 Å². The van der Waals surface area contributed by atoms with Crippen LogP contribution in [0.5, 0.6) is 0 Å². The zero-order valence-electron chi connectivity index (χ0n) is 12.8. The average Bonchev–Trinajstić information content (AvgIpc) is 3.32. The summed E-state index contributed by atoms with van der Waals surface area (Å²) in [5.41, 5.74) is 3.12. The van der Waals surface area contributed by atoms with E-state index in [0.29, 0.717) is 0 Å². The number of amidine groups is 1. The van der Waals surface area contributed by atoms with E-state index in [9.17, 15) is 4.79 Å². The van der Waals surface area contributed by atoms with Gasteiger partial charge >= 0.3 is 0 Å². The van der Waals surface area contributed by atoms with Crippen LogP contribution in [-0.4, -0.2) is 29.1 Å². The highest BCUT2D eigenvalue weighted by Crippen LogP contribution is 2.35. The van der Waals surface area contributed by atoms with E-state index in [2.05, 4.69) is 20.6 Å². The van der Waals surface area contributed by atoms with Crippen LogP contribution in [0.15, 0.2) is 58.3 Å². The Bertz CT molecular complexity index is 836. The molecule has 2 aromatic rings. The Morgan fingerprint density at radius 3 is 2.92 bits per heavy atom. The van der Waals surface area contributed by atoms with Crippen molar-refractivity contribution in [3.8, 4) is 0 Å². The minimum Gasteiger partial charge on any atom is -0.323 e. The molecule has 4 nitrogen and oxygen atoms in total. The number of rotatable bonds is 4. The lowest BCUT2D eigenvalue weighted by Gasteiger charge is -2.16. The number of thiophene rings is 1. The van der Waals surface area contributed by atoms with Crippen LogP contribution in [0.4, 0.5) is 5.69 Å². The summed E-state index contributed by atoms with van der Waals surface area (Å²) in [6.45, 7) is 1.81. The van der Waals surface area contributed by atoms with Gasteiger partial charge in [-0.15, -0.1) is 11.3 Å². The summed E-state index contributed by atoms with van der Waals surface area (Å²) in [6, 6.07) is 11.9. The van der Waals surface area contributed by atoms with Gasteiger partial charge in [-0.1, -0.05) is 30.0 Å². The summed E-state index contributed by atoms with van der Waals surface area (Å²) in [7, 11) is 0. The Morgan fingerprint density at radius 1 is 1.25 bits per heavy atom. The number of nitrogens with one attached hydrogen (secondary N) is 1. The summed E-state index contributed by atoms with van der Waals surface area (Å²) in [6.07, 6.45) is 3.38. The van der Waals surface area contributed by atoms with Gasteiger partial charge in [-0.25, -0.2) is 0 Å². The number of fused-ring (bicyclic) bond motifs is 1. The van der Waals surface area contributed by atoms with Gasteiger partial charge in [0, 0.05) is 28.6 Å². The number of amides is 1. The topological polar surface area (TPSA) is 44.7 Å². The van der Waals surface area contributed by atoms with Gasteiger partial charge in [0.2, 0.25) is 5.91 Å². The number of hydrogen-bond acceptors (Lipinski definition) is 5. The first-order valence-electron chi connectivity index (χ1n) is 7.61. The van der Waals surface area contributed by atoms with Crippen molar-refractivity contribution >= 4 is 51.6 Å². The Balaban J connectivity index is 1.41. The van der Waals surface area contributed by atoms with E-state index in [1.165, 1.54) is 5.70 Å². The Kier molecular flexibility index (Phi) is 4.23. The van der Waals surface area contributed by atoms with Gasteiger partial charge in [-0.2, -0.15) is 0 Å². The Hall–Kier alpha value is -2.31. The number of thioether (sulfide) groups is 1. The van der Waals surface area contributed by atoms with Gasteiger partial charge in [0.15, 0.2) is 5.17 Å². The zero-order valence-corrected chi connectivity index (χ0v) is 14.4. The van der Waals surface area contributed by atoms with Crippen molar-refractivity contribution in [2.24, 2.45) is 4.99 Å². The van der Waals surface area contributed by atoms with Gasteiger partial charge in [0.05, 0.1) is 12.2 Å². The molecule has 0 saturated heterocycles. The molecule has 1 aromatic carbocycles. The molecule has 0 aliphatic carbocycles. The van der Waals surface area contributed by atoms with Crippen molar-refractivity contribution in [1.82, 2.24) is 4.90 Å². The van der Waals surface area contributed by atoms with E-state index < -0.39 is 0 Å². The summed E-state index contributed by atoms with van der Waals surface area (Å²) in [5.74, 6) is -0.124. The second kappa shape index (κ2) is 6.67. The highest BCUT2D eigenvalue weighted by molar-refractivity contribution is 8.16. The second-order valence-electron chi connectivity index (χ2n) is 5.35. The first-order valence-corrected chi connectivity index (χ1v) is 9.37. The second-order valence-corrected chi connectivity index (χ2v) is 7.17. The maximum absolute atomic E-state index is 12.0. The molecule has 3 heterocycles. The SMILES string of the molecule is O=C(/C=C/c1cccs1)Nc1ccc(C2=CSC3=NCCN23)cc1. The number of carbonyl (C=O) groups excluding carboxylic acids is 1. The van der Waals surface area contributed by atoms with Crippen molar-refractivity contribution in [3.05, 3.63) is 63.7 Å². The summed E-state index contributed by atoms with van der Waals surface area (Å²) >= 11 is 3.28. The highest BCUT2D eigenvalue weighted by atomic mass is 32.2. The fourth-order valence-corrected chi connectivity index (χ4v) is 4.18. The monoisotopic (exact) mass is 353 g/mol. The van der Waals surface area contributed by atoms with Crippen LogP contribution in [0.25, 0.3) is 11.8 Å². The fourth-order valence-electron chi connectivity index (χ4n) is 2.60. The Labute approximate surface area is 148 Å². The third kappa shape index (κ3) is 3.16. The largest absolute Gasteiger partial charge is 0.323 e. The number of anilines is 1. The first-order chi connectivity index (χ1) is 11.8. The van der Waals surface area contributed by atoms with E-state index in [-0.39, 0.29) is 5.91 Å². The molecule has 2 aliphatic heterocycles. The number of benzene rings is 1. The standard InChI is InChI=1S/C18H15N3OS2/c22-17(8-7-15-2-1-11-23-15)20-14-5-3-13(4-6-14)16-12-24-18-19-9-10-21(16)18/h1-8,11-12H,9-10H2,(H,20,22)/b8-7+. The lowest BCUT2D eigenvalue weighted by Crippen LogP contribution is -2.19. The van der Waals surface area contributed by atoms with Crippen LogP contribution in [-0.2, 0) is 4.79 Å². The third-order valence-corrected chi connectivity index (χ3v) is 5.50. The maximum Gasteiger partial charge on any atom is 0.248 e. The van der Waals surface area contributed by atoms with E-state index in [0.717, 1.165) is 34.4 Å². The Morgan fingerprint density at radius 2 is 2.12 bits per heavy atom. The van der Waals surface area contributed by atoms with Gasteiger partial charge < -0.3 is 10.2 Å². The predicted octanol–water partition coefficient (Wildman–Crippen LogP) is 4.12. The molecule has 1 N–H and O–H groups in total. The van der Waals surface area contributed by atoms with Crippen molar-refractivity contribution in [1.29, 1.82) is 0 Å².